The third kappa shape index (κ3) is 4.05. The van der Waals surface area contributed by atoms with E-state index >= 15 is 0 Å². The number of aromatic nitrogens is 3. The Morgan fingerprint density at radius 2 is 2.07 bits per heavy atom. The number of nitrogens with zero attached hydrogens (tertiary/aromatic N) is 1. The van der Waals surface area contributed by atoms with E-state index in [0.29, 0.717) is 34.0 Å². The van der Waals surface area contributed by atoms with E-state index in [-0.39, 0.29) is 24.4 Å². The van der Waals surface area contributed by atoms with E-state index in [1.807, 2.05) is 18.2 Å². The molecule has 0 aliphatic rings. The van der Waals surface area contributed by atoms with Gasteiger partial charge in [-0.05, 0) is 42.8 Å². The lowest BCUT2D eigenvalue weighted by Crippen LogP contribution is -2.29. The number of methoxy groups -OCH3 is 1. The third-order valence-corrected chi connectivity index (χ3v) is 4.87. The van der Waals surface area contributed by atoms with E-state index in [4.69, 9.17) is 17.0 Å². The van der Waals surface area contributed by atoms with Crippen LogP contribution in [0, 0.1) is 10.7 Å². The third-order valence-electron chi connectivity index (χ3n) is 4.55. The van der Waals surface area contributed by atoms with Gasteiger partial charge in [-0.2, -0.15) is 0 Å². The predicted octanol–water partition coefficient (Wildman–Crippen LogP) is 3.10. The van der Waals surface area contributed by atoms with Gasteiger partial charge in [0.1, 0.15) is 11.3 Å². The molecule has 1 amide bonds. The summed E-state index contributed by atoms with van der Waals surface area (Å²) in [4.78, 5) is 31.1. The second-order valence-corrected chi connectivity index (χ2v) is 7.34. The Morgan fingerprint density at radius 3 is 2.78 bits per heavy atom. The molecule has 0 saturated heterocycles. The zero-order valence-corrected chi connectivity index (χ0v) is 16.5. The van der Waals surface area contributed by atoms with Gasteiger partial charge in [0.05, 0.1) is 12.6 Å². The average molecular weight is 388 g/mol. The van der Waals surface area contributed by atoms with Crippen molar-refractivity contribution in [2.24, 2.45) is 5.92 Å². The number of amides is 1. The fourth-order valence-electron chi connectivity index (χ4n) is 2.99. The Morgan fingerprint density at radius 1 is 1.30 bits per heavy atom. The SMILES string of the molecule is COc1ccc2[nH]c3c(=O)n(CCC(=O)NCCC(C)C)c(=S)[nH]c3c2c1. The van der Waals surface area contributed by atoms with Crippen LogP contribution in [0.2, 0.25) is 0 Å². The number of fused-ring (bicyclic) bond motifs is 3. The Kier molecular flexibility index (Phi) is 5.65. The monoisotopic (exact) mass is 388 g/mol. The number of rotatable bonds is 7. The zero-order chi connectivity index (χ0) is 19.6. The fourth-order valence-corrected chi connectivity index (χ4v) is 3.27. The summed E-state index contributed by atoms with van der Waals surface area (Å²) in [6, 6.07) is 5.54. The predicted molar refractivity (Wildman–Crippen MR) is 109 cm³/mol. The van der Waals surface area contributed by atoms with Gasteiger partial charge in [0.15, 0.2) is 4.77 Å². The Labute approximate surface area is 161 Å². The molecule has 0 atom stereocenters. The number of nitrogens with one attached hydrogen (secondary N) is 3. The Bertz CT molecular complexity index is 1090. The minimum absolute atomic E-state index is 0.0848. The fraction of sp³-hybridized carbons (Fsp3) is 0.421. The van der Waals surface area contributed by atoms with Crippen molar-refractivity contribution in [3.05, 3.63) is 33.3 Å². The molecule has 0 saturated carbocycles. The van der Waals surface area contributed by atoms with Crippen molar-refractivity contribution in [3.63, 3.8) is 0 Å². The van der Waals surface area contributed by atoms with Crippen LogP contribution in [0.5, 0.6) is 5.75 Å². The maximum absolute atomic E-state index is 12.9. The maximum atomic E-state index is 12.9. The molecule has 0 spiro atoms. The molecule has 3 N–H and O–H groups in total. The van der Waals surface area contributed by atoms with Crippen molar-refractivity contribution in [2.45, 2.75) is 33.2 Å². The standard InChI is InChI=1S/C19H24N4O3S/c1-11(2)6-8-20-15(24)7-9-23-18(25)17-16(22-19(23)27)13-10-12(26-3)4-5-14(13)21-17/h4-5,10-11,21H,6-9H2,1-3H3,(H,20,24)(H,22,27). The summed E-state index contributed by atoms with van der Waals surface area (Å²) in [6.07, 6.45) is 1.13. The second-order valence-electron chi connectivity index (χ2n) is 6.96. The molecule has 2 aromatic heterocycles. The highest BCUT2D eigenvalue weighted by molar-refractivity contribution is 7.71. The summed E-state index contributed by atoms with van der Waals surface area (Å²) < 4.78 is 6.98. The molecule has 0 aliphatic carbocycles. The highest BCUT2D eigenvalue weighted by Gasteiger charge is 2.13. The summed E-state index contributed by atoms with van der Waals surface area (Å²) in [5, 5.41) is 3.71. The van der Waals surface area contributed by atoms with Crippen LogP contribution in [-0.4, -0.2) is 34.1 Å². The number of ether oxygens (including phenoxy) is 1. The summed E-state index contributed by atoms with van der Waals surface area (Å²) >= 11 is 5.36. The van der Waals surface area contributed by atoms with Gasteiger partial charge in [-0.3, -0.25) is 14.2 Å². The molecule has 0 unspecified atom stereocenters. The first-order valence-electron chi connectivity index (χ1n) is 9.00. The van der Waals surface area contributed by atoms with Crippen LogP contribution < -0.4 is 15.6 Å². The largest absolute Gasteiger partial charge is 0.497 e. The van der Waals surface area contributed by atoms with Crippen molar-refractivity contribution in [3.8, 4) is 5.75 Å². The Balaban J connectivity index is 1.87. The summed E-state index contributed by atoms with van der Waals surface area (Å²) in [5.74, 6) is 1.15. The molecule has 27 heavy (non-hydrogen) atoms. The van der Waals surface area contributed by atoms with Crippen LogP contribution in [-0.2, 0) is 11.3 Å². The summed E-state index contributed by atoms with van der Waals surface area (Å²) in [7, 11) is 1.59. The molecule has 3 rings (SSSR count). The molecule has 0 radical (unpaired) electrons. The number of aromatic amines is 2. The molecular formula is C19H24N4O3S. The van der Waals surface area contributed by atoms with Crippen LogP contribution in [0.15, 0.2) is 23.0 Å². The molecule has 3 aromatic rings. The normalized spacial score (nSPS) is 11.4. The van der Waals surface area contributed by atoms with E-state index in [1.165, 1.54) is 4.57 Å². The number of carbonyl (C=O) groups excluding carboxylic acids is 1. The highest BCUT2D eigenvalue weighted by atomic mass is 32.1. The Hall–Kier alpha value is -2.61. The lowest BCUT2D eigenvalue weighted by atomic mass is 10.1. The van der Waals surface area contributed by atoms with Crippen LogP contribution in [0.25, 0.3) is 21.9 Å². The second kappa shape index (κ2) is 7.96. The zero-order valence-electron chi connectivity index (χ0n) is 15.7. The van der Waals surface area contributed by atoms with Crippen LogP contribution >= 0.6 is 12.2 Å². The summed E-state index contributed by atoms with van der Waals surface area (Å²) in [6.45, 7) is 5.09. The van der Waals surface area contributed by atoms with Crippen molar-refractivity contribution in [1.82, 2.24) is 19.9 Å². The van der Waals surface area contributed by atoms with Gasteiger partial charge < -0.3 is 20.0 Å². The molecule has 0 bridgehead atoms. The molecule has 1 aromatic carbocycles. The molecule has 2 heterocycles. The smallest absolute Gasteiger partial charge is 0.278 e. The average Bonchev–Trinajstić information content (AvgIpc) is 2.99. The first-order valence-corrected chi connectivity index (χ1v) is 9.40. The molecule has 7 nitrogen and oxygen atoms in total. The van der Waals surface area contributed by atoms with Gasteiger partial charge in [0, 0.05) is 30.4 Å². The van der Waals surface area contributed by atoms with Crippen LogP contribution in [0.4, 0.5) is 0 Å². The van der Waals surface area contributed by atoms with Crippen molar-refractivity contribution in [1.29, 1.82) is 0 Å². The number of benzene rings is 1. The van der Waals surface area contributed by atoms with Crippen molar-refractivity contribution in [2.75, 3.05) is 13.7 Å². The van der Waals surface area contributed by atoms with Gasteiger partial charge >= 0.3 is 0 Å². The number of H-pyrrole nitrogens is 2. The van der Waals surface area contributed by atoms with Gasteiger partial charge in [-0.25, -0.2) is 0 Å². The minimum Gasteiger partial charge on any atom is -0.497 e. The van der Waals surface area contributed by atoms with Crippen molar-refractivity contribution >= 4 is 40.1 Å². The quantitative estimate of drug-likeness (QED) is 0.542. The minimum atomic E-state index is -0.237. The van der Waals surface area contributed by atoms with Gasteiger partial charge in [0.2, 0.25) is 5.91 Å². The van der Waals surface area contributed by atoms with Crippen LogP contribution in [0.3, 0.4) is 0 Å². The van der Waals surface area contributed by atoms with E-state index in [1.54, 1.807) is 7.11 Å². The highest BCUT2D eigenvalue weighted by Crippen LogP contribution is 2.25. The van der Waals surface area contributed by atoms with Gasteiger partial charge in [-0.1, -0.05) is 13.8 Å². The first-order chi connectivity index (χ1) is 12.9. The first kappa shape index (κ1) is 19.2. The lowest BCUT2D eigenvalue weighted by molar-refractivity contribution is -0.121. The molecule has 0 fully saturated rings. The molecule has 8 heteroatoms. The number of hydrogen-bond donors (Lipinski definition) is 3. The van der Waals surface area contributed by atoms with Crippen molar-refractivity contribution < 1.29 is 9.53 Å². The van der Waals surface area contributed by atoms with Gasteiger partial charge in [-0.15, -0.1) is 0 Å². The lowest BCUT2D eigenvalue weighted by Gasteiger charge is -2.09. The van der Waals surface area contributed by atoms with Gasteiger partial charge in [0.25, 0.3) is 5.56 Å². The van der Waals surface area contributed by atoms with E-state index in [0.717, 1.165) is 17.3 Å². The molecule has 0 aliphatic heterocycles. The number of carbonyl (C=O) groups is 1. The molecule has 144 valence electrons. The van der Waals surface area contributed by atoms with E-state index in [2.05, 4.69) is 29.1 Å². The number of hydrogen-bond acceptors (Lipinski definition) is 4. The van der Waals surface area contributed by atoms with E-state index in [9.17, 15) is 9.59 Å². The molecular weight excluding hydrogens is 364 g/mol. The van der Waals surface area contributed by atoms with E-state index < -0.39 is 0 Å². The topological polar surface area (TPSA) is 91.9 Å². The van der Waals surface area contributed by atoms with Crippen LogP contribution in [0.1, 0.15) is 26.7 Å². The maximum Gasteiger partial charge on any atom is 0.278 e. The summed E-state index contributed by atoms with van der Waals surface area (Å²) in [5.41, 5.74) is 1.67.